The second-order valence-electron chi connectivity index (χ2n) is 6.13. The minimum atomic E-state index is 0.551. The monoisotopic (exact) mass is 355 g/mol. The van der Waals surface area contributed by atoms with Crippen molar-refractivity contribution in [1.29, 1.82) is 0 Å². The molecule has 112 valence electrons. The minimum absolute atomic E-state index is 0.551. The van der Waals surface area contributed by atoms with E-state index < -0.39 is 0 Å². The predicted octanol–water partition coefficient (Wildman–Crippen LogP) is 4.07. The Hall–Kier alpha value is -1.58. The highest BCUT2D eigenvalue weighted by Gasteiger charge is 2.26. The normalized spacial score (nSPS) is 17.6. The van der Waals surface area contributed by atoms with Crippen LogP contribution in [0.1, 0.15) is 35.7 Å². The molecule has 3 aromatic rings. The number of nitrogens with two attached hydrogens (primary N) is 1. The molecule has 0 saturated carbocycles. The average Bonchev–Trinajstić information content (AvgIpc) is 2.92. The zero-order valence-electron chi connectivity index (χ0n) is 12.5. The van der Waals surface area contributed by atoms with Crippen LogP contribution in [0.15, 0.2) is 53.0 Å². The van der Waals surface area contributed by atoms with Crippen molar-refractivity contribution < 1.29 is 5.32 Å². The van der Waals surface area contributed by atoms with E-state index in [0.29, 0.717) is 6.04 Å². The topological polar surface area (TPSA) is 32.4 Å². The molecular weight excluding hydrogens is 336 g/mol. The first-order valence-corrected chi connectivity index (χ1v) is 8.78. The van der Waals surface area contributed by atoms with Crippen molar-refractivity contribution in [3.63, 3.8) is 0 Å². The van der Waals surface area contributed by atoms with Gasteiger partial charge in [0.15, 0.2) is 0 Å². The molecule has 0 bridgehead atoms. The van der Waals surface area contributed by atoms with Gasteiger partial charge in [0, 0.05) is 27.4 Å². The average molecular weight is 356 g/mol. The van der Waals surface area contributed by atoms with E-state index in [1.54, 1.807) is 0 Å². The number of hydrogen-bond acceptors (Lipinski definition) is 0. The maximum absolute atomic E-state index is 3.68. The highest BCUT2D eigenvalue weighted by Crippen LogP contribution is 2.34. The molecule has 0 unspecified atom stereocenters. The maximum Gasteiger partial charge on any atom is 0.127 e. The number of fused-ring (bicyclic) bond motifs is 3. The second kappa shape index (κ2) is 5.90. The highest BCUT2D eigenvalue weighted by molar-refractivity contribution is 9.10. The summed E-state index contributed by atoms with van der Waals surface area (Å²) in [5.41, 5.74) is 5.63. The summed E-state index contributed by atoms with van der Waals surface area (Å²) < 4.78 is 1.16. The van der Waals surface area contributed by atoms with Crippen LogP contribution < -0.4 is 5.32 Å². The Bertz CT molecular complexity index is 792. The van der Waals surface area contributed by atoms with Gasteiger partial charge in [0.1, 0.15) is 12.6 Å². The van der Waals surface area contributed by atoms with E-state index >= 15 is 0 Å². The van der Waals surface area contributed by atoms with E-state index in [4.69, 9.17) is 0 Å². The fourth-order valence-corrected chi connectivity index (χ4v) is 3.96. The van der Waals surface area contributed by atoms with Crippen LogP contribution in [0.2, 0.25) is 0 Å². The summed E-state index contributed by atoms with van der Waals surface area (Å²) in [6.45, 7) is 1.05. The Balaban J connectivity index is 1.63. The number of benzene rings is 2. The fraction of sp³-hybridized carbons (Fsp3) is 0.263. The molecule has 4 rings (SSSR count). The Morgan fingerprint density at radius 3 is 2.86 bits per heavy atom. The van der Waals surface area contributed by atoms with Crippen LogP contribution in [0, 0.1) is 0 Å². The lowest BCUT2D eigenvalue weighted by Crippen LogP contribution is -2.84. The third-order valence-corrected chi connectivity index (χ3v) is 5.19. The van der Waals surface area contributed by atoms with Crippen molar-refractivity contribution in [2.75, 3.05) is 0 Å². The van der Waals surface area contributed by atoms with Gasteiger partial charge in [0.2, 0.25) is 0 Å². The summed E-state index contributed by atoms with van der Waals surface area (Å²) in [5.74, 6) is 0. The van der Waals surface area contributed by atoms with Crippen LogP contribution in [0.4, 0.5) is 0 Å². The first kappa shape index (κ1) is 14.0. The van der Waals surface area contributed by atoms with Gasteiger partial charge < -0.3 is 10.3 Å². The standard InChI is InChI=1S/C19H19BrN2/c20-14-9-10-17-16(11-14)15-7-4-8-18(19(15)22-17)21-12-13-5-2-1-3-6-13/h1-3,5-6,9-11,18,21-22H,4,7-8,12H2/p+1/t18-/m1/s1. The molecule has 2 nitrogen and oxygen atoms in total. The van der Waals surface area contributed by atoms with E-state index in [9.17, 15) is 0 Å². The van der Waals surface area contributed by atoms with Crippen LogP contribution >= 0.6 is 15.9 Å². The number of nitrogens with one attached hydrogen (secondary N) is 1. The van der Waals surface area contributed by atoms with Gasteiger partial charge in [-0.15, -0.1) is 0 Å². The van der Waals surface area contributed by atoms with E-state index in [2.05, 4.69) is 74.8 Å². The molecule has 3 N–H and O–H groups in total. The largest absolute Gasteiger partial charge is 0.353 e. The molecule has 0 fully saturated rings. The molecule has 0 saturated heterocycles. The van der Waals surface area contributed by atoms with E-state index in [1.807, 2.05) is 0 Å². The smallest absolute Gasteiger partial charge is 0.127 e. The van der Waals surface area contributed by atoms with Gasteiger partial charge in [-0.3, -0.25) is 0 Å². The lowest BCUT2D eigenvalue weighted by molar-refractivity contribution is -0.712. The van der Waals surface area contributed by atoms with Gasteiger partial charge in [-0.2, -0.15) is 0 Å². The van der Waals surface area contributed by atoms with Gasteiger partial charge in [-0.1, -0.05) is 46.3 Å². The lowest BCUT2D eigenvalue weighted by Gasteiger charge is -2.21. The molecule has 1 atom stereocenters. The highest BCUT2D eigenvalue weighted by atomic mass is 79.9. The lowest BCUT2D eigenvalue weighted by atomic mass is 9.91. The number of H-pyrrole nitrogens is 1. The van der Waals surface area contributed by atoms with Crippen molar-refractivity contribution in [1.82, 2.24) is 4.98 Å². The first-order valence-electron chi connectivity index (χ1n) is 7.98. The molecule has 2 aromatic carbocycles. The van der Waals surface area contributed by atoms with Gasteiger partial charge in [0.25, 0.3) is 0 Å². The number of rotatable bonds is 3. The van der Waals surface area contributed by atoms with E-state index in [1.165, 1.54) is 47.0 Å². The zero-order chi connectivity index (χ0) is 14.9. The van der Waals surface area contributed by atoms with Crippen molar-refractivity contribution in [3.8, 4) is 0 Å². The molecule has 1 aliphatic carbocycles. The molecule has 1 aliphatic rings. The van der Waals surface area contributed by atoms with Crippen LogP contribution in [-0.2, 0) is 13.0 Å². The Morgan fingerprint density at radius 1 is 1.14 bits per heavy atom. The molecule has 0 radical (unpaired) electrons. The van der Waals surface area contributed by atoms with Gasteiger partial charge in [0.05, 0.1) is 5.69 Å². The maximum atomic E-state index is 3.68. The Morgan fingerprint density at radius 2 is 2.00 bits per heavy atom. The summed E-state index contributed by atoms with van der Waals surface area (Å²) in [6.07, 6.45) is 3.73. The van der Waals surface area contributed by atoms with Crippen LogP contribution in [0.25, 0.3) is 10.9 Å². The second-order valence-corrected chi connectivity index (χ2v) is 7.05. The van der Waals surface area contributed by atoms with Crippen LogP contribution in [0.5, 0.6) is 0 Å². The quantitative estimate of drug-likeness (QED) is 0.709. The number of aryl methyl sites for hydroxylation is 1. The van der Waals surface area contributed by atoms with Crippen molar-refractivity contribution >= 4 is 26.8 Å². The summed E-state index contributed by atoms with van der Waals surface area (Å²) in [5, 5.41) is 3.87. The number of hydrogen-bond donors (Lipinski definition) is 2. The molecule has 3 heteroatoms. The number of aromatic nitrogens is 1. The minimum Gasteiger partial charge on any atom is -0.353 e. The molecule has 1 heterocycles. The fourth-order valence-electron chi connectivity index (χ4n) is 3.60. The summed E-state index contributed by atoms with van der Waals surface area (Å²) >= 11 is 3.60. The van der Waals surface area contributed by atoms with Crippen LogP contribution in [0.3, 0.4) is 0 Å². The predicted molar refractivity (Wildman–Crippen MR) is 93.7 cm³/mol. The van der Waals surface area contributed by atoms with Crippen molar-refractivity contribution in [2.45, 2.75) is 31.8 Å². The van der Waals surface area contributed by atoms with E-state index in [0.717, 1.165) is 11.0 Å². The van der Waals surface area contributed by atoms with Gasteiger partial charge in [-0.25, -0.2) is 0 Å². The van der Waals surface area contributed by atoms with Crippen LogP contribution in [-0.4, -0.2) is 4.98 Å². The summed E-state index contributed by atoms with van der Waals surface area (Å²) in [6, 6.07) is 17.9. The summed E-state index contributed by atoms with van der Waals surface area (Å²) in [7, 11) is 0. The number of quaternary nitrogens is 1. The van der Waals surface area contributed by atoms with Crippen molar-refractivity contribution in [3.05, 3.63) is 69.8 Å². The third kappa shape index (κ3) is 2.59. The van der Waals surface area contributed by atoms with E-state index in [-0.39, 0.29) is 0 Å². The number of aromatic amines is 1. The van der Waals surface area contributed by atoms with Gasteiger partial charge >= 0.3 is 0 Å². The molecular formula is C19H20BrN2+. The van der Waals surface area contributed by atoms with Gasteiger partial charge in [-0.05, 0) is 36.6 Å². The molecule has 1 aromatic heterocycles. The third-order valence-electron chi connectivity index (χ3n) is 4.69. The first-order chi connectivity index (χ1) is 10.8. The Labute approximate surface area is 139 Å². The summed E-state index contributed by atoms with van der Waals surface area (Å²) in [4.78, 5) is 3.68. The SMILES string of the molecule is Brc1ccc2[nH]c3c(c2c1)CCC[C@H]3[NH2+]Cc1ccccc1. The number of halogens is 1. The van der Waals surface area contributed by atoms with Crippen molar-refractivity contribution in [2.24, 2.45) is 0 Å². The zero-order valence-corrected chi connectivity index (χ0v) is 14.1. The molecule has 0 amide bonds. The Kier molecular flexibility index (Phi) is 3.77. The molecule has 0 aliphatic heterocycles. The molecule has 22 heavy (non-hydrogen) atoms. The molecule has 0 spiro atoms.